The summed E-state index contributed by atoms with van der Waals surface area (Å²) in [5.41, 5.74) is 3.53. The molecule has 0 bridgehead atoms. The molecule has 4 nitrogen and oxygen atoms in total. The first-order valence-electron chi connectivity index (χ1n) is 7.18. The molecule has 0 unspecified atom stereocenters. The molecule has 0 aliphatic heterocycles. The minimum absolute atomic E-state index is 0.700. The first-order chi connectivity index (χ1) is 9.72. The van der Waals surface area contributed by atoms with Crippen LogP contribution in [0.4, 0.5) is 0 Å². The van der Waals surface area contributed by atoms with Gasteiger partial charge in [0.15, 0.2) is 0 Å². The molecule has 0 amide bonds. The second kappa shape index (κ2) is 7.10. The zero-order valence-electron chi connectivity index (χ0n) is 12.5. The van der Waals surface area contributed by atoms with E-state index in [9.17, 15) is 0 Å². The predicted molar refractivity (Wildman–Crippen MR) is 80.8 cm³/mol. The van der Waals surface area contributed by atoms with Crippen molar-refractivity contribution in [3.05, 3.63) is 47.3 Å². The second-order valence-corrected chi connectivity index (χ2v) is 4.78. The lowest BCUT2D eigenvalue weighted by Crippen LogP contribution is -2.16. The topological polar surface area (TPSA) is 39.1 Å². The fraction of sp³-hybridized carbons (Fsp3) is 0.438. The van der Waals surface area contributed by atoms with Crippen molar-refractivity contribution in [1.82, 2.24) is 15.1 Å². The number of aryl methyl sites for hydroxylation is 2. The molecule has 2 rings (SSSR count). The van der Waals surface area contributed by atoms with Gasteiger partial charge in [0.05, 0.1) is 18.0 Å². The highest BCUT2D eigenvalue weighted by atomic mass is 16.5. The molecule has 0 saturated carbocycles. The van der Waals surface area contributed by atoms with Gasteiger partial charge in [0, 0.05) is 19.6 Å². The van der Waals surface area contributed by atoms with Crippen molar-refractivity contribution < 1.29 is 4.74 Å². The SMILES string of the molecule is CCOc1cccc(CNCc2cc(C)nn2CC)c1. The van der Waals surface area contributed by atoms with Crippen LogP contribution in [-0.2, 0) is 19.6 Å². The maximum absolute atomic E-state index is 5.51. The largest absolute Gasteiger partial charge is 0.494 e. The summed E-state index contributed by atoms with van der Waals surface area (Å²) in [6.07, 6.45) is 0. The molecule has 1 N–H and O–H groups in total. The van der Waals surface area contributed by atoms with Gasteiger partial charge in [0.25, 0.3) is 0 Å². The molecule has 108 valence electrons. The van der Waals surface area contributed by atoms with Gasteiger partial charge in [-0.1, -0.05) is 12.1 Å². The molecule has 1 aromatic heterocycles. The second-order valence-electron chi connectivity index (χ2n) is 4.78. The van der Waals surface area contributed by atoms with Crippen LogP contribution in [0.5, 0.6) is 5.75 Å². The molecular formula is C16H23N3O. The minimum atomic E-state index is 0.700. The Morgan fingerprint density at radius 2 is 2.05 bits per heavy atom. The molecule has 0 saturated heterocycles. The number of hydrogen-bond acceptors (Lipinski definition) is 3. The van der Waals surface area contributed by atoms with Gasteiger partial charge in [-0.3, -0.25) is 4.68 Å². The number of hydrogen-bond donors (Lipinski definition) is 1. The molecule has 4 heteroatoms. The van der Waals surface area contributed by atoms with Crippen LogP contribution < -0.4 is 10.1 Å². The monoisotopic (exact) mass is 273 g/mol. The molecule has 1 aromatic carbocycles. The molecule has 0 radical (unpaired) electrons. The fourth-order valence-electron chi connectivity index (χ4n) is 2.26. The van der Waals surface area contributed by atoms with E-state index in [1.807, 2.05) is 30.7 Å². The van der Waals surface area contributed by atoms with E-state index >= 15 is 0 Å². The summed E-state index contributed by atoms with van der Waals surface area (Å²) in [6.45, 7) is 9.40. The van der Waals surface area contributed by atoms with E-state index in [4.69, 9.17) is 4.74 Å². The number of ether oxygens (including phenoxy) is 1. The molecule has 2 aromatic rings. The summed E-state index contributed by atoms with van der Waals surface area (Å²) >= 11 is 0. The molecule has 0 aliphatic rings. The van der Waals surface area contributed by atoms with E-state index in [1.54, 1.807) is 0 Å². The maximum Gasteiger partial charge on any atom is 0.119 e. The highest BCUT2D eigenvalue weighted by Crippen LogP contribution is 2.13. The van der Waals surface area contributed by atoms with Gasteiger partial charge in [-0.25, -0.2) is 0 Å². The van der Waals surface area contributed by atoms with Gasteiger partial charge >= 0.3 is 0 Å². The third-order valence-corrected chi connectivity index (χ3v) is 3.13. The van der Waals surface area contributed by atoms with Crippen LogP contribution in [-0.4, -0.2) is 16.4 Å². The first kappa shape index (κ1) is 14.6. The van der Waals surface area contributed by atoms with Crippen LogP contribution in [0.25, 0.3) is 0 Å². The number of aromatic nitrogens is 2. The van der Waals surface area contributed by atoms with Gasteiger partial charge in [0.1, 0.15) is 5.75 Å². The lowest BCUT2D eigenvalue weighted by atomic mass is 10.2. The Bertz CT molecular complexity index is 548. The molecule has 0 fully saturated rings. The highest BCUT2D eigenvalue weighted by molar-refractivity contribution is 5.28. The Hall–Kier alpha value is -1.81. The van der Waals surface area contributed by atoms with Gasteiger partial charge < -0.3 is 10.1 Å². The average molecular weight is 273 g/mol. The first-order valence-corrected chi connectivity index (χ1v) is 7.18. The lowest BCUT2D eigenvalue weighted by molar-refractivity contribution is 0.340. The Morgan fingerprint density at radius 3 is 2.80 bits per heavy atom. The van der Waals surface area contributed by atoms with E-state index in [0.29, 0.717) is 6.61 Å². The van der Waals surface area contributed by atoms with Crippen LogP contribution in [0.1, 0.15) is 30.8 Å². The van der Waals surface area contributed by atoms with Crippen molar-refractivity contribution in [2.24, 2.45) is 0 Å². The van der Waals surface area contributed by atoms with E-state index < -0.39 is 0 Å². The van der Waals surface area contributed by atoms with Gasteiger partial charge in [-0.15, -0.1) is 0 Å². The lowest BCUT2D eigenvalue weighted by Gasteiger charge is -2.08. The third-order valence-electron chi connectivity index (χ3n) is 3.13. The molecular weight excluding hydrogens is 250 g/mol. The molecule has 1 heterocycles. The zero-order valence-corrected chi connectivity index (χ0v) is 12.5. The summed E-state index contributed by atoms with van der Waals surface area (Å²) < 4.78 is 7.55. The van der Waals surface area contributed by atoms with E-state index in [1.165, 1.54) is 11.3 Å². The number of nitrogens with one attached hydrogen (secondary N) is 1. The summed E-state index contributed by atoms with van der Waals surface area (Å²) in [4.78, 5) is 0. The Labute approximate surface area is 120 Å². The average Bonchev–Trinajstić information content (AvgIpc) is 2.80. The van der Waals surface area contributed by atoms with Gasteiger partial charge in [-0.2, -0.15) is 5.10 Å². The quantitative estimate of drug-likeness (QED) is 0.843. The van der Waals surface area contributed by atoms with Gasteiger partial charge in [0.2, 0.25) is 0 Å². The van der Waals surface area contributed by atoms with Crippen molar-refractivity contribution in [3.8, 4) is 5.75 Å². The summed E-state index contributed by atoms with van der Waals surface area (Å²) in [6, 6.07) is 10.3. The summed E-state index contributed by atoms with van der Waals surface area (Å²) in [5.74, 6) is 0.932. The molecule has 0 atom stereocenters. The number of nitrogens with zero attached hydrogens (tertiary/aromatic N) is 2. The van der Waals surface area contributed by atoms with Crippen molar-refractivity contribution in [1.29, 1.82) is 0 Å². The van der Waals surface area contributed by atoms with E-state index in [-0.39, 0.29) is 0 Å². The predicted octanol–water partition coefficient (Wildman–Crippen LogP) is 2.90. The maximum atomic E-state index is 5.51. The van der Waals surface area contributed by atoms with Crippen LogP contribution in [0.3, 0.4) is 0 Å². The minimum Gasteiger partial charge on any atom is -0.494 e. The van der Waals surface area contributed by atoms with E-state index in [0.717, 1.165) is 31.1 Å². The molecule has 0 spiro atoms. The number of rotatable bonds is 7. The standard InChI is InChI=1S/C16H23N3O/c1-4-19-15(9-13(3)18-19)12-17-11-14-7-6-8-16(10-14)20-5-2/h6-10,17H,4-5,11-12H2,1-3H3. The van der Waals surface area contributed by atoms with Crippen LogP contribution in [0, 0.1) is 6.92 Å². The van der Waals surface area contributed by atoms with Gasteiger partial charge in [-0.05, 0) is 44.5 Å². The summed E-state index contributed by atoms with van der Waals surface area (Å²) in [5, 5.41) is 7.91. The van der Waals surface area contributed by atoms with E-state index in [2.05, 4.69) is 35.5 Å². The fourth-order valence-corrected chi connectivity index (χ4v) is 2.26. The smallest absolute Gasteiger partial charge is 0.119 e. The molecule has 20 heavy (non-hydrogen) atoms. The van der Waals surface area contributed by atoms with Crippen molar-refractivity contribution >= 4 is 0 Å². The Morgan fingerprint density at radius 1 is 1.20 bits per heavy atom. The zero-order chi connectivity index (χ0) is 14.4. The Balaban J connectivity index is 1.90. The van der Waals surface area contributed by atoms with Crippen LogP contribution in [0.2, 0.25) is 0 Å². The molecule has 0 aliphatic carbocycles. The highest BCUT2D eigenvalue weighted by Gasteiger charge is 2.03. The van der Waals surface area contributed by atoms with Crippen molar-refractivity contribution in [2.45, 2.75) is 40.4 Å². The van der Waals surface area contributed by atoms with Crippen molar-refractivity contribution in [2.75, 3.05) is 6.61 Å². The van der Waals surface area contributed by atoms with Crippen LogP contribution >= 0.6 is 0 Å². The normalized spacial score (nSPS) is 10.8. The third kappa shape index (κ3) is 3.84. The van der Waals surface area contributed by atoms with Crippen LogP contribution in [0.15, 0.2) is 30.3 Å². The Kier molecular flexibility index (Phi) is 5.18. The summed E-state index contributed by atoms with van der Waals surface area (Å²) in [7, 11) is 0. The number of benzene rings is 1. The van der Waals surface area contributed by atoms with Crippen molar-refractivity contribution in [3.63, 3.8) is 0 Å².